The lowest BCUT2D eigenvalue weighted by molar-refractivity contribution is 0.603. The molecule has 19 heavy (non-hydrogen) atoms. The zero-order valence-corrected chi connectivity index (χ0v) is 12.6. The summed E-state index contributed by atoms with van der Waals surface area (Å²) in [4.78, 5) is 0. The van der Waals surface area contributed by atoms with E-state index < -0.39 is 10.0 Å². The van der Waals surface area contributed by atoms with Gasteiger partial charge in [0.2, 0.25) is 0 Å². The summed E-state index contributed by atoms with van der Waals surface area (Å²) in [5.41, 5.74) is 1.82. The van der Waals surface area contributed by atoms with Crippen LogP contribution in [0.5, 0.6) is 0 Å². The number of nitrogens with one attached hydrogen (secondary N) is 1. The molecule has 0 bridgehead atoms. The van der Waals surface area contributed by atoms with Crippen molar-refractivity contribution >= 4 is 27.0 Å². The third kappa shape index (κ3) is 3.36. The van der Waals surface area contributed by atoms with Gasteiger partial charge in [0.05, 0.1) is 0 Å². The predicted molar refractivity (Wildman–Crippen MR) is 80.3 cm³/mol. The maximum absolute atomic E-state index is 12.0. The zero-order valence-electron chi connectivity index (χ0n) is 11.0. The highest BCUT2D eigenvalue weighted by Gasteiger charge is 2.15. The molecule has 0 radical (unpaired) electrons. The summed E-state index contributed by atoms with van der Waals surface area (Å²) in [6.45, 7) is 4.29. The van der Waals surface area contributed by atoms with Crippen molar-refractivity contribution in [2.24, 2.45) is 0 Å². The normalized spacial score (nSPS) is 13.2. The number of benzene rings is 1. The fraction of sp³-hybridized carbons (Fsp3) is 0.286. The van der Waals surface area contributed by atoms with Crippen molar-refractivity contribution in [2.45, 2.75) is 30.4 Å². The molecule has 102 valence electrons. The molecule has 2 aromatic rings. The molecule has 1 heterocycles. The van der Waals surface area contributed by atoms with Crippen molar-refractivity contribution in [2.75, 3.05) is 4.72 Å². The lowest BCUT2D eigenvalue weighted by Crippen LogP contribution is -2.11. The Morgan fingerprint density at radius 1 is 1.21 bits per heavy atom. The minimum atomic E-state index is -3.44. The van der Waals surface area contributed by atoms with Gasteiger partial charge < -0.3 is 0 Å². The molecule has 0 saturated carbocycles. The topological polar surface area (TPSA) is 46.2 Å². The highest BCUT2D eigenvalue weighted by atomic mass is 32.2. The van der Waals surface area contributed by atoms with Crippen LogP contribution in [0.3, 0.4) is 0 Å². The Kier molecular flexibility index (Phi) is 4.27. The maximum Gasteiger partial charge on any atom is 0.271 e. The van der Waals surface area contributed by atoms with Gasteiger partial charge in [-0.05, 0) is 41.5 Å². The number of thiophene rings is 1. The fourth-order valence-corrected chi connectivity index (χ4v) is 3.79. The zero-order chi connectivity index (χ0) is 13.9. The SMILES string of the molecule is CC[C@H](C)c1ccc(NS(=O)(=O)c2cccs2)cc1. The summed E-state index contributed by atoms with van der Waals surface area (Å²) in [5.74, 6) is 0.489. The predicted octanol–water partition coefficient (Wildman–Crippen LogP) is 4.06. The van der Waals surface area contributed by atoms with E-state index in [4.69, 9.17) is 0 Å². The summed E-state index contributed by atoms with van der Waals surface area (Å²) in [6.07, 6.45) is 1.07. The van der Waals surface area contributed by atoms with Gasteiger partial charge in [0.25, 0.3) is 10.0 Å². The highest BCUT2D eigenvalue weighted by molar-refractivity contribution is 7.94. The van der Waals surface area contributed by atoms with E-state index in [2.05, 4.69) is 18.6 Å². The van der Waals surface area contributed by atoms with Crippen molar-refractivity contribution < 1.29 is 8.42 Å². The number of hydrogen-bond donors (Lipinski definition) is 1. The summed E-state index contributed by atoms with van der Waals surface area (Å²) in [5, 5.41) is 1.75. The lowest BCUT2D eigenvalue weighted by Gasteiger charge is -2.10. The van der Waals surface area contributed by atoms with Crippen molar-refractivity contribution in [3.05, 3.63) is 47.3 Å². The molecule has 1 aromatic carbocycles. The number of sulfonamides is 1. The van der Waals surface area contributed by atoms with Crippen LogP contribution < -0.4 is 4.72 Å². The van der Waals surface area contributed by atoms with Crippen LogP contribution in [0.1, 0.15) is 31.7 Å². The van der Waals surface area contributed by atoms with Gasteiger partial charge in [0, 0.05) is 5.69 Å². The van der Waals surface area contributed by atoms with Gasteiger partial charge in [-0.1, -0.05) is 32.0 Å². The molecule has 0 saturated heterocycles. The molecule has 0 spiro atoms. The van der Waals surface area contributed by atoms with Crippen molar-refractivity contribution in [3.63, 3.8) is 0 Å². The van der Waals surface area contributed by atoms with Gasteiger partial charge in [-0.25, -0.2) is 8.42 Å². The van der Waals surface area contributed by atoms with Gasteiger partial charge in [-0.2, -0.15) is 0 Å². The Balaban J connectivity index is 2.16. The van der Waals surface area contributed by atoms with E-state index >= 15 is 0 Å². The van der Waals surface area contributed by atoms with Crippen molar-refractivity contribution in [3.8, 4) is 0 Å². The molecule has 1 aromatic heterocycles. The monoisotopic (exact) mass is 295 g/mol. The average Bonchev–Trinajstić information content (AvgIpc) is 2.93. The second-order valence-electron chi connectivity index (χ2n) is 4.47. The number of hydrogen-bond acceptors (Lipinski definition) is 3. The van der Waals surface area contributed by atoms with Gasteiger partial charge in [-0.15, -0.1) is 11.3 Å². The fourth-order valence-electron chi connectivity index (χ4n) is 1.74. The molecule has 5 heteroatoms. The Labute approximate surface area is 118 Å². The first-order valence-corrected chi connectivity index (χ1v) is 8.55. The summed E-state index contributed by atoms with van der Waals surface area (Å²) in [7, 11) is -3.44. The summed E-state index contributed by atoms with van der Waals surface area (Å²) < 4.78 is 27.0. The molecular weight excluding hydrogens is 278 g/mol. The molecule has 0 aliphatic rings. The van der Waals surface area contributed by atoms with E-state index in [1.54, 1.807) is 17.5 Å². The molecule has 0 aliphatic carbocycles. The summed E-state index contributed by atoms with van der Waals surface area (Å²) in [6, 6.07) is 10.9. The Morgan fingerprint density at radius 3 is 2.42 bits per heavy atom. The quantitative estimate of drug-likeness (QED) is 0.904. The largest absolute Gasteiger partial charge is 0.279 e. The number of rotatable bonds is 5. The van der Waals surface area contributed by atoms with Crippen LogP contribution in [0.15, 0.2) is 46.0 Å². The molecule has 1 atom stereocenters. The minimum Gasteiger partial charge on any atom is -0.279 e. The van der Waals surface area contributed by atoms with Crippen molar-refractivity contribution in [1.82, 2.24) is 0 Å². The van der Waals surface area contributed by atoms with E-state index in [-0.39, 0.29) is 0 Å². The van der Waals surface area contributed by atoms with Crippen LogP contribution in [-0.4, -0.2) is 8.42 Å². The Bertz CT molecular complexity index is 616. The van der Waals surface area contributed by atoms with E-state index in [0.717, 1.165) is 6.42 Å². The van der Waals surface area contributed by atoms with Crippen LogP contribution in [-0.2, 0) is 10.0 Å². The van der Waals surface area contributed by atoms with Gasteiger partial charge in [0.1, 0.15) is 4.21 Å². The van der Waals surface area contributed by atoms with E-state index in [0.29, 0.717) is 15.8 Å². The second kappa shape index (κ2) is 5.75. The van der Waals surface area contributed by atoms with E-state index in [1.807, 2.05) is 24.3 Å². The first kappa shape index (κ1) is 14.1. The molecule has 0 amide bonds. The van der Waals surface area contributed by atoms with Crippen LogP contribution >= 0.6 is 11.3 Å². The Morgan fingerprint density at radius 2 is 1.89 bits per heavy atom. The first-order valence-electron chi connectivity index (χ1n) is 6.19. The molecule has 0 unspecified atom stereocenters. The third-order valence-corrected chi connectivity index (χ3v) is 5.88. The molecule has 0 aliphatic heterocycles. The maximum atomic E-state index is 12.0. The highest BCUT2D eigenvalue weighted by Crippen LogP contribution is 2.23. The minimum absolute atomic E-state index is 0.332. The van der Waals surface area contributed by atoms with Crippen LogP contribution in [0.2, 0.25) is 0 Å². The second-order valence-corrected chi connectivity index (χ2v) is 7.33. The Hall–Kier alpha value is -1.33. The van der Waals surface area contributed by atoms with Crippen molar-refractivity contribution in [1.29, 1.82) is 0 Å². The molecule has 2 rings (SSSR count). The first-order chi connectivity index (χ1) is 9.03. The lowest BCUT2D eigenvalue weighted by atomic mass is 9.99. The van der Waals surface area contributed by atoms with Gasteiger partial charge in [-0.3, -0.25) is 4.72 Å². The smallest absolute Gasteiger partial charge is 0.271 e. The standard InChI is InChI=1S/C14H17NO2S2/c1-3-11(2)12-6-8-13(9-7-12)15-19(16,17)14-5-4-10-18-14/h4-11,15H,3H2,1-2H3/t11-/m0/s1. The average molecular weight is 295 g/mol. The molecular formula is C14H17NO2S2. The van der Waals surface area contributed by atoms with Crippen LogP contribution in [0.4, 0.5) is 5.69 Å². The van der Waals surface area contributed by atoms with Gasteiger partial charge in [0.15, 0.2) is 0 Å². The molecule has 3 nitrogen and oxygen atoms in total. The molecule has 0 fully saturated rings. The van der Waals surface area contributed by atoms with E-state index in [9.17, 15) is 8.42 Å². The van der Waals surface area contributed by atoms with Crippen LogP contribution in [0.25, 0.3) is 0 Å². The van der Waals surface area contributed by atoms with E-state index in [1.165, 1.54) is 16.9 Å². The van der Waals surface area contributed by atoms with Crippen LogP contribution in [0, 0.1) is 0 Å². The van der Waals surface area contributed by atoms with Gasteiger partial charge >= 0.3 is 0 Å². The summed E-state index contributed by atoms with van der Waals surface area (Å²) >= 11 is 1.21. The number of anilines is 1. The molecule has 1 N–H and O–H groups in total. The third-order valence-electron chi connectivity index (χ3n) is 3.10.